The molecular weight excluding hydrogens is 306 g/mol. The third-order valence-electron chi connectivity index (χ3n) is 3.30. The van der Waals surface area contributed by atoms with E-state index < -0.39 is 6.10 Å². The van der Waals surface area contributed by atoms with Gasteiger partial charge in [-0.05, 0) is 24.1 Å². The van der Waals surface area contributed by atoms with E-state index >= 15 is 0 Å². The Morgan fingerprint density at radius 2 is 2.09 bits per heavy atom. The van der Waals surface area contributed by atoms with Gasteiger partial charge in [0.15, 0.2) is 23.0 Å². The largest absolute Gasteiger partial charge is 0.504 e. The molecule has 6 nitrogen and oxygen atoms in total. The van der Waals surface area contributed by atoms with Crippen molar-refractivity contribution in [3.05, 3.63) is 34.5 Å². The van der Waals surface area contributed by atoms with Crippen LogP contribution < -0.4 is 14.8 Å². The summed E-state index contributed by atoms with van der Waals surface area (Å²) < 4.78 is 11.0. The second-order valence-corrected chi connectivity index (χ2v) is 5.63. The Labute approximate surface area is 130 Å². The fraction of sp³-hybridized carbons (Fsp3) is 0.267. The number of carbonyl (C=O) groups is 1. The van der Waals surface area contributed by atoms with Crippen LogP contribution in [0.2, 0.25) is 0 Å². The van der Waals surface area contributed by atoms with Gasteiger partial charge in [-0.3, -0.25) is 4.79 Å². The highest BCUT2D eigenvalue weighted by Crippen LogP contribution is 2.35. The minimum absolute atomic E-state index is 0.160. The van der Waals surface area contributed by atoms with Gasteiger partial charge in [-0.2, -0.15) is 0 Å². The normalized spacial score (nSPS) is 16.3. The molecule has 0 spiro atoms. The van der Waals surface area contributed by atoms with E-state index in [1.807, 2.05) is 5.38 Å². The number of thiophene rings is 1. The third kappa shape index (κ3) is 3.09. The van der Waals surface area contributed by atoms with Gasteiger partial charge in [0.1, 0.15) is 6.61 Å². The van der Waals surface area contributed by atoms with E-state index in [0.29, 0.717) is 24.5 Å². The summed E-state index contributed by atoms with van der Waals surface area (Å²) in [5.41, 5.74) is 0.816. The molecule has 2 aromatic rings. The Morgan fingerprint density at radius 3 is 2.91 bits per heavy atom. The summed E-state index contributed by atoms with van der Waals surface area (Å²) in [5.74, 6) is 0.707. The second-order valence-electron chi connectivity index (χ2n) is 4.88. The van der Waals surface area contributed by atoms with Gasteiger partial charge < -0.3 is 25.0 Å². The number of fused-ring (bicyclic) bond motifs is 1. The van der Waals surface area contributed by atoms with E-state index in [1.54, 1.807) is 11.4 Å². The van der Waals surface area contributed by atoms with E-state index in [0.717, 1.165) is 5.56 Å². The van der Waals surface area contributed by atoms with Crippen molar-refractivity contribution in [1.29, 1.82) is 0 Å². The molecule has 1 aliphatic heterocycles. The van der Waals surface area contributed by atoms with Gasteiger partial charge in [0.25, 0.3) is 5.91 Å². The van der Waals surface area contributed by atoms with Crippen LogP contribution in [0.3, 0.4) is 0 Å². The Bertz CT molecular complexity index is 684. The highest BCUT2D eigenvalue weighted by molar-refractivity contribution is 7.08. The number of phenolic OH excluding ortho intramolecular Hbond substituents is 2. The molecule has 0 saturated heterocycles. The third-order valence-corrected chi connectivity index (χ3v) is 4.00. The molecule has 22 heavy (non-hydrogen) atoms. The molecule has 7 heteroatoms. The van der Waals surface area contributed by atoms with Gasteiger partial charge in [0.05, 0.1) is 0 Å². The van der Waals surface area contributed by atoms with E-state index in [4.69, 9.17) is 9.47 Å². The SMILES string of the molecule is O=C(NCCc1ccc(O)c(O)c1)C1COc2cscc2O1. The summed E-state index contributed by atoms with van der Waals surface area (Å²) in [7, 11) is 0. The Kier molecular flexibility index (Phi) is 4.06. The number of phenols is 2. The van der Waals surface area contributed by atoms with Crippen LogP contribution in [0, 0.1) is 0 Å². The summed E-state index contributed by atoms with van der Waals surface area (Å²) in [5, 5.41) is 25.1. The highest BCUT2D eigenvalue weighted by atomic mass is 32.1. The summed E-state index contributed by atoms with van der Waals surface area (Å²) in [4.78, 5) is 12.0. The number of amides is 1. The van der Waals surface area contributed by atoms with E-state index in [1.165, 1.54) is 23.5 Å². The molecule has 0 radical (unpaired) electrons. The van der Waals surface area contributed by atoms with Crippen LogP contribution in [-0.4, -0.2) is 35.4 Å². The molecule has 0 fully saturated rings. The van der Waals surface area contributed by atoms with Crippen molar-refractivity contribution in [1.82, 2.24) is 5.32 Å². The zero-order valence-corrected chi connectivity index (χ0v) is 12.4. The van der Waals surface area contributed by atoms with Crippen molar-refractivity contribution in [3.8, 4) is 23.0 Å². The first-order chi connectivity index (χ1) is 10.6. The summed E-state index contributed by atoms with van der Waals surface area (Å²) in [6.07, 6.45) is -0.119. The molecule has 1 atom stereocenters. The molecule has 0 saturated carbocycles. The van der Waals surface area contributed by atoms with Crippen molar-refractivity contribution in [2.24, 2.45) is 0 Å². The Hall–Kier alpha value is -2.41. The fourth-order valence-corrected chi connectivity index (χ4v) is 2.79. The summed E-state index contributed by atoms with van der Waals surface area (Å²) in [6.45, 7) is 0.592. The van der Waals surface area contributed by atoms with Gasteiger partial charge in [-0.25, -0.2) is 0 Å². The molecule has 3 rings (SSSR count). The number of hydrogen-bond acceptors (Lipinski definition) is 6. The van der Waals surface area contributed by atoms with Crippen LogP contribution >= 0.6 is 11.3 Å². The van der Waals surface area contributed by atoms with E-state index in [-0.39, 0.29) is 24.0 Å². The van der Waals surface area contributed by atoms with Crippen molar-refractivity contribution in [3.63, 3.8) is 0 Å². The maximum Gasteiger partial charge on any atom is 0.264 e. The summed E-state index contributed by atoms with van der Waals surface area (Å²) >= 11 is 1.46. The minimum Gasteiger partial charge on any atom is -0.504 e. The first-order valence-corrected chi connectivity index (χ1v) is 7.72. The predicted octanol–water partition coefficient (Wildman–Crippen LogP) is 1.66. The lowest BCUT2D eigenvalue weighted by Crippen LogP contribution is -2.44. The molecule has 3 N–H and O–H groups in total. The average molecular weight is 321 g/mol. The van der Waals surface area contributed by atoms with Gasteiger partial charge in [-0.1, -0.05) is 6.07 Å². The molecule has 1 aromatic heterocycles. The smallest absolute Gasteiger partial charge is 0.264 e. The molecule has 116 valence electrons. The number of carbonyl (C=O) groups excluding carboxylic acids is 1. The number of hydrogen-bond donors (Lipinski definition) is 3. The number of ether oxygens (including phenoxy) is 2. The van der Waals surface area contributed by atoms with Gasteiger partial charge >= 0.3 is 0 Å². The van der Waals surface area contributed by atoms with Gasteiger partial charge in [0, 0.05) is 17.3 Å². The van der Waals surface area contributed by atoms with Crippen molar-refractivity contribution < 1.29 is 24.5 Å². The lowest BCUT2D eigenvalue weighted by molar-refractivity contribution is -0.130. The molecule has 2 heterocycles. The molecule has 1 aliphatic rings. The van der Waals surface area contributed by atoms with Crippen LogP contribution in [-0.2, 0) is 11.2 Å². The quantitative estimate of drug-likeness (QED) is 0.745. The first kappa shape index (κ1) is 14.5. The molecular formula is C15H15NO5S. The van der Waals surface area contributed by atoms with E-state index in [2.05, 4.69) is 5.32 Å². The fourth-order valence-electron chi connectivity index (χ4n) is 2.12. The number of rotatable bonds is 4. The van der Waals surface area contributed by atoms with E-state index in [9.17, 15) is 15.0 Å². The maximum atomic E-state index is 12.0. The van der Waals surface area contributed by atoms with Crippen LogP contribution in [0.4, 0.5) is 0 Å². The number of nitrogens with one attached hydrogen (secondary N) is 1. The molecule has 0 bridgehead atoms. The minimum atomic E-state index is -0.657. The average Bonchev–Trinajstić information content (AvgIpc) is 2.98. The number of aromatic hydroxyl groups is 2. The number of benzene rings is 1. The molecule has 0 aliphatic carbocycles. The Balaban J connectivity index is 1.49. The van der Waals surface area contributed by atoms with Crippen LogP contribution in [0.25, 0.3) is 0 Å². The van der Waals surface area contributed by atoms with Crippen molar-refractivity contribution in [2.45, 2.75) is 12.5 Å². The zero-order chi connectivity index (χ0) is 15.5. The van der Waals surface area contributed by atoms with Crippen molar-refractivity contribution in [2.75, 3.05) is 13.2 Å². The maximum absolute atomic E-state index is 12.0. The monoisotopic (exact) mass is 321 g/mol. The predicted molar refractivity (Wildman–Crippen MR) is 80.7 cm³/mol. The van der Waals surface area contributed by atoms with Gasteiger partial charge in [-0.15, -0.1) is 11.3 Å². The topological polar surface area (TPSA) is 88.0 Å². The molecule has 1 unspecified atom stereocenters. The molecule has 1 aromatic carbocycles. The molecule has 1 amide bonds. The van der Waals surface area contributed by atoms with Crippen molar-refractivity contribution >= 4 is 17.2 Å². The lowest BCUT2D eigenvalue weighted by Gasteiger charge is -2.23. The Morgan fingerprint density at radius 1 is 1.27 bits per heavy atom. The first-order valence-electron chi connectivity index (χ1n) is 6.77. The summed E-state index contributed by atoms with van der Waals surface area (Å²) in [6, 6.07) is 4.58. The highest BCUT2D eigenvalue weighted by Gasteiger charge is 2.27. The van der Waals surface area contributed by atoms with Crippen LogP contribution in [0.1, 0.15) is 5.56 Å². The van der Waals surface area contributed by atoms with Crippen LogP contribution in [0.15, 0.2) is 29.0 Å². The van der Waals surface area contributed by atoms with Gasteiger partial charge in [0.2, 0.25) is 6.10 Å². The second kappa shape index (κ2) is 6.15. The van der Waals surface area contributed by atoms with Crippen LogP contribution in [0.5, 0.6) is 23.0 Å². The lowest BCUT2D eigenvalue weighted by atomic mass is 10.1. The zero-order valence-electron chi connectivity index (χ0n) is 11.6. The standard InChI is InChI=1S/C15H15NO5S/c17-10-2-1-9(5-11(10)18)3-4-16-15(19)12-6-20-13-7-22-8-14(13)21-12/h1-2,5,7-8,12,17-18H,3-4,6H2,(H,16,19).